The van der Waals surface area contributed by atoms with Crippen LogP contribution in [0, 0.1) is 12.8 Å². The minimum atomic E-state index is -0.511. The second-order valence-electron chi connectivity index (χ2n) is 6.13. The molecule has 1 aromatic carbocycles. The number of ether oxygens (including phenoxy) is 1. The largest absolute Gasteiger partial charge is 0.461 e. The number of benzene rings is 1. The Bertz CT molecular complexity index is 868. The Morgan fingerprint density at radius 1 is 1.33 bits per heavy atom. The topological polar surface area (TPSA) is 73.6 Å². The first-order valence-electron chi connectivity index (χ1n) is 7.85. The van der Waals surface area contributed by atoms with Crippen LogP contribution < -0.4 is 5.63 Å². The second kappa shape index (κ2) is 6.77. The molecule has 0 radical (unpaired) electrons. The summed E-state index contributed by atoms with van der Waals surface area (Å²) in [4.78, 5) is 35.3. The molecule has 1 atom stereocenters. The number of carbonyl (C=O) groups excluding carboxylic acids is 2. The molecule has 2 aromatic rings. The van der Waals surface area contributed by atoms with E-state index in [4.69, 9.17) is 20.8 Å². The van der Waals surface area contributed by atoms with Crippen LogP contribution in [0.2, 0.25) is 5.02 Å². The van der Waals surface area contributed by atoms with Gasteiger partial charge in [-0.3, -0.25) is 9.59 Å². The molecule has 0 saturated heterocycles. The Kier molecular flexibility index (Phi) is 4.71. The van der Waals surface area contributed by atoms with Crippen LogP contribution in [-0.2, 0) is 20.9 Å². The lowest BCUT2D eigenvalue weighted by molar-refractivity contribution is -0.152. The van der Waals surface area contributed by atoms with Gasteiger partial charge >= 0.3 is 11.6 Å². The van der Waals surface area contributed by atoms with E-state index in [1.807, 2.05) is 6.92 Å². The summed E-state index contributed by atoms with van der Waals surface area (Å²) < 4.78 is 10.5. The van der Waals surface area contributed by atoms with Crippen molar-refractivity contribution in [2.45, 2.75) is 39.2 Å². The van der Waals surface area contributed by atoms with E-state index in [1.54, 1.807) is 12.1 Å². The van der Waals surface area contributed by atoms with Crippen molar-refractivity contribution in [3.05, 3.63) is 44.8 Å². The van der Waals surface area contributed by atoms with E-state index in [2.05, 4.69) is 0 Å². The molecule has 0 bridgehead atoms. The van der Waals surface area contributed by atoms with Crippen LogP contribution in [0.4, 0.5) is 0 Å². The van der Waals surface area contributed by atoms with Crippen molar-refractivity contribution in [3.8, 4) is 0 Å². The zero-order chi connectivity index (χ0) is 17.3. The molecular formula is C18H17ClO5. The first-order chi connectivity index (χ1) is 11.4. The summed E-state index contributed by atoms with van der Waals surface area (Å²) in [5, 5.41) is 1.18. The molecule has 1 saturated carbocycles. The maximum atomic E-state index is 12.2. The molecule has 5 nitrogen and oxygen atoms in total. The third-order valence-electron chi connectivity index (χ3n) is 4.29. The zero-order valence-corrected chi connectivity index (χ0v) is 14.0. The summed E-state index contributed by atoms with van der Waals surface area (Å²) >= 11 is 6.13. The van der Waals surface area contributed by atoms with Crippen molar-refractivity contribution in [1.82, 2.24) is 0 Å². The minimum Gasteiger partial charge on any atom is -0.461 e. The van der Waals surface area contributed by atoms with Gasteiger partial charge in [-0.1, -0.05) is 11.6 Å². The van der Waals surface area contributed by atoms with E-state index in [-0.39, 0.29) is 24.7 Å². The van der Waals surface area contributed by atoms with Gasteiger partial charge in [-0.05, 0) is 37.5 Å². The molecule has 126 valence electrons. The first-order valence-corrected chi connectivity index (χ1v) is 8.23. The van der Waals surface area contributed by atoms with Crippen molar-refractivity contribution < 1.29 is 18.7 Å². The van der Waals surface area contributed by atoms with Crippen molar-refractivity contribution >= 4 is 34.3 Å². The molecule has 0 spiro atoms. The molecule has 1 aromatic heterocycles. The van der Waals surface area contributed by atoms with Crippen LogP contribution in [0.25, 0.3) is 11.0 Å². The van der Waals surface area contributed by atoms with Gasteiger partial charge in [0, 0.05) is 34.9 Å². The summed E-state index contributed by atoms with van der Waals surface area (Å²) in [7, 11) is 0. The van der Waals surface area contributed by atoms with Crippen LogP contribution in [0.15, 0.2) is 27.4 Å². The summed E-state index contributed by atoms with van der Waals surface area (Å²) in [5.74, 6) is -0.692. The smallest absolute Gasteiger partial charge is 0.336 e. The average molecular weight is 349 g/mol. The average Bonchev–Trinajstić information content (AvgIpc) is 2.54. The molecule has 6 heteroatoms. The predicted octanol–water partition coefficient (Wildman–Crippen LogP) is 3.56. The third kappa shape index (κ3) is 3.51. The van der Waals surface area contributed by atoms with Crippen LogP contribution in [0.1, 0.15) is 36.8 Å². The normalized spacial score (nSPS) is 17.9. The molecule has 1 fully saturated rings. The molecule has 0 N–H and O–H groups in total. The highest BCUT2D eigenvalue weighted by Crippen LogP contribution is 2.27. The zero-order valence-electron chi connectivity index (χ0n) is 13.3. The third-order valence-corrected chi connectivity index (χ3v) is 4.70. The monoisotopic (exact) mass is 348 g/mol. The number of hydrogen-bond acceptors (Lipinski definition) is 5. The van der Waals surface area contributed by atoms with Crippen molar-refractivity contribution in [2.24, 2.45) is 5.92 Å². The van der Waals surface area contributed by atoms with E-state index < -0.39 is 11.6 Å². The first kappa shape index (κ1) is 16.7. The maximum absolute atomic E-state index is 12.2. The lowest BCUT2D eigenvalue weighted by Gasteiger charge is -2.19. The second-order valence-corrected chi connectivity index (χ2v) is 6.54. The summed E-state index contributed by atoms with van der Waals surface area (Å²) in [5.41, 5.74) is 1.23. The van der Waals surface area contributed by atoms with E-state index in [1.165, 1.54) is 6.07 Å². The van der Waals surface area contributed by atoms with Crippen LogP contribution in [0.3, 0.4) is 0 Å². The van der Waals surface area contributed by atoms with Gasteiger partial charge in [0.2, 0.25) is 0 Å². The van der Waals surface area contributed by atoms with Crippen molar-refractivity contribution in [2.75, 3.05) is 0 Å². The number of ketones is 1. The Hall–Kier alpha value is -2.14. The van der Waals surface area contributed by atoms with Gasteiger partial charge in [0.05, 0.1) is 5.92 Å². The van der Waals surface area contributed by atoms with Gasteiger partial charge in [0.25, 0.3) is 0 Å². The van der Waals surface area contributed by atoms with E-state index >= 15 is 0 Å². The summed E-state index contributed by atoms with van der Waals surface area (Å²) in [6.45, 7) is 1.76. The SMILES string of the molecule is Cc1cc2oc(=O)cc(COC(=O)C3CCCC(=O)C3)c2cc1Cl. The number of Topliss-reactive ketones (excluding diaryl/α,β-unsaturated/α-hetero) is 1. The molecule has 1 unspecified atom stereocenters. The molecule has 1 aliphatic rings. The lowest BCUT2D eigenvalue weighted by atomic mass is 9.88. The molecule has 24 heavy (non-hydrogen) atoms. The van der Waals surface area contributed by atoms with E-state index in [0.29, 0.717) is 40.8 Å². The number of aryl methyl sites for hydroxylation is 1. The molecule has 0 aliphatic heterocycles. The summed E-state index contributed by atoms with van der Waals surface area (Å²) in [6.07, 6.45) is 2.14. The van der Waals surface area contributed by atoms with Gasteiger partial charge < -0.3 is 9.15 Å². The number of carbonyl (C=O) groups is 2. The number of hydrogen-bond donors (Lipinski definition) is 0. The van der Waals surface area contributed by atoms with Gasteiger partial charge in [0.15, 0.2) is 0 Å². The lowest BCUT2D eigenvalue weighted by Crippen LogP contribution is -2.24. The minimum absolute atomic E-state index is 0.0506. The van der Waals surface area contributed by atoms with Crippen molar-refractivity contribution in [1.29, 1.82) is 0 Å². The molecular weight excluding hydrogens is 332 g/mol. The number of rotatable bonds is 3. The highest BCUT2D eigenvalue weighted by Gasteiger charge is 2.27. The molecule has 1 aliphatic carbocycles. The van der Waals surface area contributed by atoms with Gasteiger partial charge in [-0.15, -0.1) is 0 Å². The van der Waals surface area contributed by atoms with Crippen LogP contribution in [-0.4, -0.2) is 11.8 Å². The Morgan fingerprint density at radius 3 is 2.88 bits per heavy atom. The van der Waals surface area contributed by atoms with Crippen molar-refractivity contribution in [3.63, 3.8) is 0 Å². The fourth-order valence-corrected chi connectivity index (χ4v) is 3.12. The Morgan fingerprint density at radius 2 is 2.12 bits per heavy atom. The van der Waals surface area contributed by atoms with Crippen LogP contribution >= 0.6 is 11.6 Å². The van der Waals surface area contributed by atoms with E-state index in [9.17, 15) is 14.4 Å². The predicted molar refractivity (Wildman–Crippen MR) is 89.0 cm³/mol. The number of halogens is 1. The standard InChI is InChI=1S/C18H17ClO5/c1-10-5-16-14(8-15(10)19)12(7-17(21)24-16)9-23-18(22)11-3-2-4-13(20)6-11/h5,7-8,11H,2-4,6,9H2,1H3. The molecule has 1 heterocycles. The fourth-order valence-electron chi connectivity index (χ4n) is 2.96. The fraction of sp³-hybridized carbons (Fsp3) is 0.389. The number of esters is 1. The van der Waals surface area contributed by atoms with E-state index in [0.717, 1.165) is 5.56 Å². The van der Waals surface area contributed by atoms with Crippen LogP contribution in [0.5, 0.6) is 0 Å². The highest BCUT2D eigenvalue weighted by molar-refractivity contribution is 6.32. The Labute approximate surface area is 143 Å². The quantitative estimate of drug-likeness (QED) is 0.626. The highest BCUT2D eigenvalue weighted by atomic mass is 35.5. The molecule has 3 rings (SSSR count). The van der Waals surface area contributed by atoms with Gasteiger partial charge in [-0.25, -0.2) is 4.79 Å². The Balaban J connectivity index is 1.82. The molecule has 0 amide bonds. The van der Waals surface area contributed by atoms with Gasteiger partial charge in [0.1, 0.15) is 18.0 Å². The van der Waals surface area contributed by atoms with Gasteiger partial charge in [-0.2, -0.15) is 0 Å². The number of fused-ring (bicyclic) bond motifs is 1. The summed E-state index contributed by atoms with van der Waals surface area (Å²) in [6, 6.07) is 4.68. The maximum Gasteiger partial charge on any atom is 0.336 e.